The molecular weight excluding hydrogens is 278 g/mol. The van der Waals surface area contributed by atoms with E-state index in [-0.39, 0.29) is 16.2 Å². The van der Waals surface area contributed by atoms with Gasteiger partial charge >= 0.3 is 0 Å². The lowest BCUT2D eigenvalue weighted by Gasteiger charge is -2.16. The standard InChI is InChI=1S/C10H16ClN3O3S/c1-7(15)8-3-4-14(5-8)18(16,17)9-6-13(2)10(11)12-9/h6-8,15H,3-5H2,1-2H3. The third-order valence-corrected chi connectivity index (χ3v) is 5.36. The highest BCUT2D eigenvalue weighted by Gasteiger charge is 2.35. The van der Waals surface area contributed by atoms with Crippen molar-refractivity contribution in [1.29, 1.82) is 0 Å². The van der Waals surface area contributed by atoms with Gasteiger partial charge in [0, 0.05) is 26.3 Å². The van der Waals surface area contributed by atoms with Gasteiger partial charge in [-0.3, -0.25) is 0 Å². The van der Waals surface area contributed by atoms with E-state index in [4.69, 9.17) is 11.6 Å². The first-order valence-corrected chi connectivity index (χ1v) is 7.51. The molecule has 1 aromatic heterocycles. The van der Waals surface area contributed by atoms with Crippen molar-refractivity contribution in [1.82, 2.24) is 13.9 Å². The maximum atomic E-state index is 12.3. The molecular formula is C10H16ClN3O3S. The van der Waals surface area contributed by atoms with Crippen LogP contribution in [0.15, 0.2) is 11.2 Å². The maximum Gasteiger partial charge on any atom is 0.262 e. The van der Waals surface area contributed by atoms with Crippen molar-refractivity contribution in [2.24, 2.45) is 13.0 Å². The zero-order chi connectivity index (χ0) is 13.5. The molecule has 0 bridgehead atoms. The molecule has 1 fully saturated rings. The zero-order valence-corrected chi connectivity index (χ0v) is 11.8. The second-order valence-electron chi connectivity index (χ2n) is 4.61. The Morgan fingerprint density at radius 1 is 1.61 bits per heavy atom. The summed E-state index contributed by atoms with van der Waals surface area (Å²) in [6.07, 6.45) is 1.56. The van der Waals surface area contributed by atoms with Gasteiger partial charge in [0.25, 0.3) is 10.0 Å². The number of aromatic nitrogens is 2. The molecule has 0 spiro atoms. The number of sulfonamides is 1. The number of halogens is 1. The van der Waals surface area contributed by atoms with Gasteiger partial charge in [0.2, 0.25) is 5.28 Å². The minimum Gasteiger partial charge on any atom is -0.393 e. The average Bonchev–Trinajstić information content (AvgIpc) is 2.87. The van der Waals surface area contributed by atoms with E-state index in [2.05, 4.69) is 4.98 Å². The second-order valence-corrected chi connectivity index (χ2v) is 6.83. The number of imidazole rings is 1. The Morgan fingerprint density at radius 2 is 2.28 bits per heavy atom. The SMILES string of the molecule is CC(O)C1CCN(S(=O)(=O)c2cn(C)c(Cl)n2)C1. The number of aliphatic hydroxyl groups is 1. The lowest BCUT2D eigenvalue weighted by molar-refractivity contribution is 0.133. The molecule has 2 atom stereocenters. The molecule has 0 amide bonds. The molecule has 2 rings (SSSR count). The van der Waals surface area contributed by atoms with E-state index in [9.17, 15) is 13.5 Å². The van der Waals surface area contributed by atoms with Crippen molar-refractivity contribution >= 4 is 21.6 Å². The summed E-state index contributed by atoms with van der Waals surface area (Å²) in [7, 11) is -1.97. The fraction of sp³-hybridized carbons (Fsp3) is 0.700. The van der Waals surface area contributed by atoms with Crippen molar-refractivity contribution in [3.05, 3.63) is 11.5 Å². The average molecular weight is 294 g/mol. The summed E-state index contributed by atoms with van der Waals surface area (Å²) >= 11 is 5.75. The van der Waals surface area contributed by atoms with Crippen molar-refractivity contribution in [2.45, 2.75) is 24.5 Å². The Balaban J connectivity index is 2.23. The Hall–Kier alpha value is -0.630. The predicted molar refractivity (Wildman–Crippen MR) is 66.8 cm³/mol. The van der Waals surface area contributed by atoms with E-state index in [0.717, 1.165) is 0 Å². The number of aliphatic hydroxyl groups excluding tert-OH is 1. The first kappa shape index (κ1) is 13.8. The molecule has 1 aliphatic rings. The molecule has 0 aliphatic carbocycles. The summed E-state index contributed by atoms with van der Waals surface area (Å²) in [5, 5.41) is 9.59. The van der Waals surface area contributed by atoms with Crippen LogP contribution in [-0.4, -0.2) is 46.6 Å². The second kappa shape index (κ2) is 4.80. The molecule has 2 unspecified atom stereocenters. The van der Waals surface area contributed by atoms with Crippen LogP contribution in [0.3, 0.4) is 0 Å². The van der Waals surface area contributed by atoms with Gasteiger partial charge in [-0.25, -0.2) is 13.4 Å². The lowest BCUT2D eigenvalue weighted by Crippen LogP contribution is -2.30. The molecule has 18 heavy (non-hydrogen) atoms. The topological polar surface area (TPSA) is 75.4 Å². The van der Waals surface area contributed by atoms with Crippen LogP contribution < -0.4 is 0 Å². The molecule has 1 N–H and O–H groups in total. The number of hydrogen-bond donors (Lipinski definition) is 1. The normalized spacial score (nSPS) is 23.4. The van der Waals surface area contributed by atoms with Crippen LogP contribution in [0.25, 0.3) is 0 Å². The van der Waals surface area contributed by atoms with Crippen LogP contribution in [0, 0.1) is 5.92 Å². The molecule has 1 aliphatic heterocycles. The highest BCUT2D eigenvalue weighted by Crippen LogP contribution is 2.26. The maximum absolute atomic E-state index is 12.3. The lowest BCUT2D eigenvalue weighted by atomic mass is 10.0. The van der Waals surface area contributed by atoms with Crippen LogP contribution in [0.4, 0.5) is 0 Å². The van der Waals surface area contributed by atoms with E-state index in [1.54, 1.807) is 14.0 Å². The summed E-state index contributed by atoms with van der Waals surface area (Å²) in [6.45, 7) is 2.42. The third kappa shape index (κ3) is 2.40. The van der Waals surface area contributed by atoms with Gasteiger partial charge in [0.15, 0.2) is 5.03 Å². The molecule has 1 aromatic rings. The Morgan fingerprint density at radius 3 is 2.72 bits per heavy atom. The summed E-state index contributed by atoms with van der Waals surface area (Å²) in [5.74, 6) is -0.0149. The minimum atomic E-state index is -3.60. The first-order valence-electron chi connectivity index (χ1n) is 5.69. The van der Waals surface area contributed by atoms with Crippen molar-refractivity contribution < 1.29 is 13.5 Å². The van der Waals surface area contributed by atoms with E-state index >= 15 is 0 Å². The molecule has 2 heterocycles. The van der Waals surface area contributed by atoms with E-state index in [1.807, 2.05) is 0 Å². The Labute approximate surface area is 111 Å². The molecule has 0 saturated carbocycles. The predicted octanol–water partition coefficient (Wildman–Crippen LogP) is 0.465. The Kier molecular flexibility index (Phi) is 3.68. The van der Waals surface area contributed by atoms with Gasteiger partial charge in [0.05, 0.1) is 6.10 Å². The van der Waals surface area contributed by atoms with Crippen LogP contribution in [0.1, 0.15) is 13.3 Å². The van der Waals surface area contributed by atoms with Gasteiger partial charge < -0.3 is 9.67 Å². The highest BCUT2D eigenvalue weighted by molar-refractivity contribution is 7.89. The summed E-state index contributed by atoms with van der Waals surface area (Å²) < 4.78 is 27.4. The molecule has 8 heteroatoms. The number of aryl methyl sites for hydroxylation is 1. The van der Waals surface area contributed by atoms with E-state index in [0.29, 0.717) is 19.5 Å². The van der Waals surface area contributed by atoms with Gasteiger partial charge in [-0.1, -0.05) is 0 Å². The molecule has 1 saturated heterocycles. The Bertz CT molecular complexity index is 521. The fourth-order valence-corrected chi connectivity index (χ4v) is 3.72. The number of rotatable bonds is 3. The smallest absolute Gasteiger partial charge is 0.262 e. The summed E-state index contributed by atoms with van der Waals surface area (Å²) in [5.41, 5.74) is 0. The molecule has 102 valence electrons. The van der Waals surface area contributed by atoms with E-state index < -0.39 is 16.1 Å². The summed E-state index contributed by atoms with van der Waals surface area (Å²) in [4.78, 5) is 3.83. The van der Waals surface area contributed by atoms with Gasteiger partial charge in [-0.05, 0) is 30.9 Å². The van der Waals surface area contributed by atoms with Crippen LogP contribution >= 0.6 is 11.6 Å². The number of hydrogen-bond acceptors (Lipinski definition) is 4. The molecule has 0 aromatic carbocycles. The van der Waals surface area contributed by atoms with Crippen molar-refractivity contribution in [2.75, 3.05) is 13.1 Å². The van der Waals surface area contributed by atoms with Crippen LogP contribution in [-0.2, 0) is 17.1 Å². The quantitative estimate of drug-likeness (QED) is 0.879. The number of nitrogens with zero attached hydrogens (tertiary/aromatic N) is 3. The van der Waals surface area contributed by atoms with Crippen molar-refractivity contribution in [3.8, 4) is 0 Å². The molecule has 6 nitrogen and oxygen atoms in total. The van der Waals surface area contributed by atoms with Crippen LogP contribution in [0.2, 0.25) is 5.28 Å². The monoisotopic (exact) mass is 293 g/mol. The third-order valence-electron chi connectivity index (χ3n) is 3.27. The van der Waals surface area contributed by atoms with Gasteiger partial charge in [0.1, 0.15) is 0 Å². The van der Waals surface area contributed by atoms with Gasteiger partial charge in [-0.2, -0.15) is 4.31 Å². The zero-order valence-electron chi connectivity index (χ0n) is 10.2. The largest absolute Gasteiger partial charge is 0.393 e. The van der Waals surface area contributed by atoms with Crippen molar-refractivity contribution in [3.63, 3.8) is 0 Å². The summed E-state index contributed by atoms with van der Waals surface area (Å²) in [6, 6.07) is 0. The minimum absolute atomic E-state index is 0.0149. The van der Waals surface area contributed by atoms with E-state index in [1.165, 1.54) is 15.1 Å². The van der Waals surface area contributed by atoms with Gasteiger partial charge in [-0.15, -0.1) is 0 Å². The van der Waals surface area contributed by atoms with Crippen LogP contribution in [0.5, 0.6) is 0 Å². The highest BCUT2D eigenvalue weighted by atomic mass is 35.5. The fourth-order valence-electron chi connectivity index (χ4n) is 2.04. The first-order chi connectivity index (χ1) is 8.32. The molecule has 0 radical (unpaired) electrons.